The first-order valence-corrected chi connectivity index (χ1v) is 4.97. The van der Waals surface area contributed by atoms with Crippen LogP contribution in [0.2, 0.25) is 0 Å². The smallest absolute Gasteiger partial charge is 0.220 e. The van der Waals surface area contributed by atoms with E-state index in [0.29, 0.717) is 18.8 Å². The average molecular weight is 187 g/mol. The maximum atomic E-state index is 11.1. The highest BCUT2D eigenvalue weighted by atomic mass is 16.3. The lowest BCUT2D eigenvalue weighted by Crippen LogP contribution is -2.25. The fourth-order valence-electron chi connectivity index (χ4n) is 0.929. The van der Waals surface area contributed by atoms with Crippen molar-refractivity contribution in [1.29, 1.82) is 0 Å². The lowest BCUT2D eigenvalue weighted by molar-refractivity contribution is -0.121. The van der Waals surface area contributed by atoms with Crippen molar-refractivity contribution in [2.24, 2.45) is 5.92 Å². The van der Waals surface area contributed by atoms with E-state index in [9.17, 15) is 4.79 Å². The lowest BCUT2D eigenvalue weighted by atomic mass is 10.1. The van der Waals surface area contributed by atoms with Crippen LogP contribution < -0.4 is 5.32 Å². The first-order chi connectivity index (χ1) is 6.02. The van der Waals surface area contributed by atoms with Crippen molar-refractivity contribution < 1.29 is 9.90 Å². The van der Waals surface area contributed by atoms with E-state index in [-0.39, 0.29) is 12.0 Å². The molecule has 0 aliphatic carbocycles. The predicted molar refractivity (Wildman–Crippen MR) is 53.4 cm³/mol. The number of carbonyl (C=O) groups is 1. The van der Waals surface area contributed by atoms with Gasteiger partial charge in [-0.25, -0.2) is 0 Å². The summed E-state index contributed by atoms with van der Waals surface area (Å²) in [5, 5.41) is 11.8. The van der Waals surface area contributed by atoms with Crippen LogP contribution in [0.3, 0.4) is 0 Å². The molecule has 1 amide bonds. The number of aliphatic hydroxyl groups is 1. The maximum Gasteiger partial charge on any atom is 0.220 e. The molecular weight excluding hydrogens is 166 g/mol. The average Bonchev–Trinajstić information content (AvgIpc) is 2.00. The van der Waals surface area contributed by atoms with Gasteiger partial charge in [-0.15, -0.1) is 0 Å². The Bertz CT molecular complexity index is 144. The van der Waals surface area contributed by atoms with Crippen molar-refractivity contribution >= 4 is 5.91 Å². The molecule has 0 aliphatic heterocycles. The Morgan fingerprint density at radius 1 is 1.31 bits per heavy atom. The first-order valence-electron chi connectivity index (χ1n) is 4.97. The van der Waals surface area contributed by atoms with E-state index in [1.807, 2.05) is 0 Å². The van der Waals surface area contributed by atoms with Crippen LogP contribution >= 0.6 is 0 Å². The van der Waals surface area contributed by atoms with Crippen molar-refractivity contribution in [3.8, 4) is 0 Å². The molecule has 3 nitrogen and oxygen atoms in total. The lowest BCUT2D eigenvalue weighted by Gasteiger charge is -2.07. The Kier molecular flexibility index (Phi) is 6.59. The number of hydrogen-bond acceptors (Lipinski definition) is 2. The molecule has 0 saturated carbocycles. The second kappa shape index (κ2) is 6.89. The van der Waals surface area contributed by atoms with Crippen LogP contribution in [0.1, 0.15) is 40.0 Å². The molecule has 0 aromatic heterocycles. The van der Waals surface area contributed by atoms with Gasteiger partial charge in [0.15, 0.2) is 0 Å². The molecule has 13 heavy (non-hydrogen) atoms. The van der Waals surface area contributed by atoms with E-state index in [0.717, 1.165) is 13.0 Å². The molecule has 0 spiro atoms. The summed E-state index contributed by atoms with van der Waals surface area (Å²) < 4.78 is 0. The van der Waals surface area contributed by atoms with E-state index >= 15 is 0 Å². The van der Waals surface area contributed by atoms with E-state index < -0.39 is 0 Å². The third-order valence-corrected chi connectivity index (χ3v) is 1.83. The molecule has 2 N–H and O–H groups in total. The van der Waals surface area contributed by atoms with Crippen LogP contribution in [-0.2, 0) is 4.79 Å². The molecule has 0 radical (unpaired) electrons. The number of nitrogens with one attached hydrogen (secondary N) is 1. The predicted octanol–water partition coefficient (Wildman–Crippen LogP) is 1.31. The second-order valence-corrected chi connectivity index (χ2v) is 3.92. The van der Waals surface area contributed by atoms with Crippen molar-refractivity contribution in [3.05, 3.63) is 0 Å². The third-order valence-electron chi connectivity index (χ3n) is 1.83. The molecule has 0 rings (SSSR count). The number of carbonyl (C=O) groups excluding carboxylic acids is 1. The molecule has 1 unspecified atom stereocenters. The zero-order valence-corrected chi connectivity index (χ0v) is 8.84. The third kappa shape index (κ3) is 9.34. The Balaban J connectivity index is 3.30. The van der Waals surface area contributed by atoms with Crippen molar-refractivity contribution in [3.63, 3.8) is 0 Å². The highest BCUT2D eigenvalue weighted by Gasteiger charge is 2.03. The summed E-state index contributed by atoms with van der Waals surface area (Å²) in [7, 11) is 0. The van der Waals surface area contributed by atoms with Gasteiger partial charge in [0.05, 0.1) is 6.10 Å². The highest BCUT2D eigenvalue weighted by Crippen LogP contribution is 1.98. The number of aliphatic hydroxyl groups excluding tert-OH is 1. The quantitative estimate of drug-likeness (QED) is 0.658. The van der Waals surface area contributed by atoms with Gasteiger partial charge in [-0.1, -0.05) is 13.8 Å². The molecule has 1 atom stereocenters. The van der Waals surface area contributed by atoms with Gasteiger partial charge >= 0.3 is 0 Å². The SMILES string of the molecule is CC(C)CCNC(=O)CCC(C)O. The number of hydrogen-bond donors (Lipinski definition) is 2. The van der Waals surface area contributed by atoms with Crippen LogP contribution in [0.5, 0.6) is 0 Å². The van der Waals surface area contributed by atoms with E-state index in [1.165, 1.54) is 0 Å². The van der Waals surface area contributed by atoms with Gasteiger partial charge in [0, 0.05) is 13.0 Å². The summed E-state index contributed by atoms with van der Waals surface area (Å²) >= 11 is 0. The summed E-state index contributed by atoms with van der Waals surface area (Å²) in [5.41, 5.74) is 0. The minimum absolute atomic E-state index is 0.0431. The van der Waals surface area contributed by atoms with Gasteiger partial charge in [0.1, 0.15) is 0 Å². The first kappa shape index (κ1) is 12.4. The van der Waals surface area contributed by atoms with Gasteiger partial charge < -0.3 is 10.4 Å². The normalized spacial score (nSPS) is 13.0. The summed E-state index contributed by atoms with van der Waals surface area (Å²) in [6, 6.07) is 0. The Hall–Kier alpha value is -0.570. The molecule has 0 bridgehead atoms. The van der Waals surface area contributed by atoms with Gasteiger partial charge in [-0.3, -0.25) is 4.79 Å². The fourth-order valence-corrected chi connectivity index (χ4v) is 0.929. The van der Waals surface area contributed by atoms with Crippen LogP contribution in [0.15, 0.2) is 0 Å². The largest absolute Gasteiger partial charge is 0.393 e. The molecule has 0 aromatic carbocycles. The van der Waals surface area contributed by atoms with Crippen LogP contribution in [0.4, 0.5) is 0 Å². The zero-order chi connectivity index (χ0) is 10.3. The molecule has 0 saturated heterocycles. The van der Waals surface area contributed by atoms with Crippen LogP contribution in [0.25, 0.3) is 0 Å². The standard InChI is InChI=1S/C10H21NO2/c1-8(2)6-7-11-10(13)5-4-9(3)12/h8-9,12H,4-7H2,1-3H3,(H,11,13). The maximum absolute atomic E-state index is 11.1. The topological polar surface area (TPSA) is 49.3 Å². The Labute approximate surface area is 80.5 Å². The summed E-state index contributed by atoms with van der Waals surface area (Å²) in [4.78, 5) is 11.1. The van der Waals surface area contributed by atoms with Crippen molar-refractivity contribution in [2.45, 2.75) is 46.1 Å². The van der Waals surface area contributed by atoms with Crippen LogP contribution in [-0.4, -0.2) is 23.7 Å². The Morgan fingerprint density at radius 2 is 1.92 bits per heavy atom. The highest BCUT2D eigenvalue weighted by molar-refractivity contribution is 5.75. The molecule has 0 heterocycles. The van der Waals surface area contributed by atoms with E-state index in [1.54, 1.807) is 6.92 Å². The summed E-state index contributed by atoms with van der Waals surface area (Å²) in [5.74, 6) is 0.665. The van der Waals surface area contributed by atoms with Crippen molar-refractivity contribution in [1.82, 2.24) is 5.32 Å². The molecular formula is C10H21NO2. The number of amides is 1. The van der Waals surface area contributed by atoms with Crippen LogP contribution in [0, 0.1) is 5.92 Å². The molecule has 0 fully saturated rings. The zero-order valence-electron chi connectivity index (χ0n) is 8.84. The summed E-state index contributed by atoms with van der Waals surface area (Å²) in [6.07, 6.45) is 1.61. The van der Waals surface area contributed by atoms with E-state index in [2.05, 4.69) is 19.2 Å². The molecule has 0 aliphatic rings. The monoisotopic (exact) mass is 187 g/mol. The van der Waals surface area contributed by atoms with Gasteiger partial charge in [-0.05, 0) is 25.7 Å². The van der Waals surface area contributed by atoms with Gasteiger partial charge in [0.25, 0.3) is 0 Å². The molecule has 0 aromatic rings. The minimum Gasteiger partial charge on any atom is -0.393 e. The number of rotatable bonds is 6. The van der Waals surface area contributed by atoms with Crippen molar-refractivity contribution in [2.75, 3.05) is 6.54 Å². The minimum atomic E-state index is -0.379. The van der Waals surface area contributed by atoms with Gasteiger partial charge in [-0.2, -0.15) is 0 Å². The van der Waals surface area contributed by atoms with E-state index in [4.69, 9.17) is 5.11 Å². The molecule has 78 valence electrons. The fraction of sp³-hybridized carbons (Fsp3) is 0.900. The van der Waals surface area contributed by atoms with Gasteiger partial charge in [0.2, 0.25) is 5.91 Å². The summed E-state index contributed by atoms with van der Waals surface area (Å²) in [6.45, 7) is 6.70. The Morgan fingerprint density at radius 3 is 2.38 bits per heavy atom. The molecule has 3 heteroatoms. The second-order valence-electron chi connectivity index (χ2n) is 3.92.